The SMILES string of the molecule is Cc1cc(/C=C2/C(=O)NC(=O)N(c3cccc(F)c3)C2=O)c(C)n1-c1cc(C(=O)[O-])cc(C(=O)[O-])c1. The first-order valence-electron chi connectivity index (χ1n) is 10.4. The minimum atomic E-state index is -1.59. The van der Waals surface area contributed by atoms with E-state index in [0.717, 1.165) is 18.2 Å². The highest BCUT2D eigenvalue weighted by Crippen LogP contribution is 2.27. The fourth-order valence-electron chi connectivity index (χ4n) is 3.97. The quantitative estimate of drug-likeness (QED) is 0.408. The molecule has 1 aliphatic heterocycles. The number of nitrogens with one attached hydrogen (secondary N) is 1. The number of anilines is 1. The summed E-state index contributed by atoms with van der Waals surface area (Å²) in [7, 11) is 0. The molecule has 4 rings (SSSR count). The number of hydrogen-bond acceptors (Lipinski definition) is 7. The second-order valence-electron chi connectivity index (χ2n) is 7.94. The van der Waals surface area contributed by atoms with Crippen LogP contribution in [0, 0.1) is 19.7 Å². The molecule has 0 unspecified atom stereocenters. The third-order valence-electron chi connectivity index (χ3n) is 5.59. The number of carboxylic acids is 2. The summed E-state index contributed by atoms with van der Waals surface area (Å²) in [6.07, 6.45) is 1.23. The smallest absolute Gasteiger partial charge is 0.335 e. The van der Waals surface area contributed by atoms with E-state index in [9.17, 15) is 38.6 Å². The van der Waals surface area contributed by atoms with Gasteiger partial charge in [-0.2, -0.15) is 0 Å². The molecule has 0 spiro atoms. The van der Waals surface area contributed by atoms with Gasteiger partial charge in [0.05, 0.1) is 17.6 Å². The number of aryl methyl sites for hydroxylation is 1. The van der Waals surface area contributed by atoms with E-state index in [4.69, 9.17) is 0 Å². The Morgan fingerprint density at radius 1 is 0.917 bits per heavy atom. The average Bonchev–Trinajstić information content (AvgIpc) is 3.08. The van der Waals surface area contributed by atoms with E-state index in [1.165, 1.54) is 34.9 Å². The van der Waals surface area contributed by atoms with E-state index >= 15 is 0 Å². The highest BCUT2D eigenvalue weighted by Gasteiger charge is 2.37. The number of urea groups is 1. The summed E-state index contributed by atoms with van der Waals surface area (Å²) >= 11 is 0. The topological polar surface area (TPSA) is 152 Å². The molecule has 11 heteroatoms. The van der Waals surface area contributed by atoms with Gasteiger partial charge >= 0.3 is 6.03 Å². The molecular formula is C25H16FN3O7-2. The molecule has 0 atom stereocenters. The number of nitrogens with zero attached hydrogens (tertiary/aromatic N) is 2. The molecule has 182 valence electrons. The van der Waals surface area contributed by atoms with Crippen molar-refractivity contribution in [3.05, 3.63) is 88.0 Å². The molecule has 2 aromatic carbocycles. The second kappa shape index (κ2) is 8.95. The van der Waals surface area contributed by atoms with Gasteiger partial charge in [-0.1, -0.05) is 6.07 Å². The minimum Gasteiger partial charge on any atom is -0.545 e. The molecule has 1 aliphatic rings. The highest BCUT2D eigenvalue weighted by molar-refractivity contribution is 6.39. The number of imide groups is 2. The van der Waals surface area contributed by atoms with Gasteiger partial charge in [0.2, 0.25) is 0 Å². The highest BCUT2D eigenvalue weighted by atomic mass is 19.1. The number of rotatable bonds is 5. The molecule has 10 nitrogen and oxygen atoms in total. The molecule has 3 aromatic rings. The fraction of sp³-hybridized carbons (Fsp3) is 0.0800. The van der Waals surface area contributed by atoms with Gasteiger partial charge in [0.25, 0.3) is 11.8 Å². The van der Waals surface area contributed by atoms with Crippen LogP contribution >= 0.6 is 0 Å². The summed E-state index contributed by atoms with van der Waals surface area (Å²) in [5.74, 6) is -5.79. The number of carbonyl (C=O) groups excluding carboxylic acids is 5. The van der Waals surface area contributed by atoms with Crippen LogP contribution in [0.2, 0.25) is 0 Å². The normalized spacial score (nSPS) is 14.8. The number of halogens is 1. The van der Waals surface area contributed by atoms with Gasteiger partial charge < -0.3 is 24.4 Å². The number of barbiturate groups is 1. The number of benzene rings is 2. The van der Waals surface area contributed by atoms with Crippen molar-refractivity contribution in [2.75, 3.05) is 4.90 Å². The van der Waals surface area contributed by atoms with Gasteiger partial charge in [0.15, 0.2) is 0 Å². The first kappa shape index (κ1) is 24.1. The van der Waals surface area contributed by atoms with Crippen LogP contribution in [0.25, 0.3) is 11.8 Å². The monoisotopic (exact) mass is 489 g/mol. The molecular weight excluding hydrogens is 473 g/mol. The molecule has 0 bridgehead atoms. The molecule has 1 saturated heterocycles. The maximum atomic E-state index is 13.7. The molecule has 0 saturated carbocycles. The maximum absolute atomic E-state index is 13.7. The number of hydrogen-bond donors (Lipinski definition) is 1. The Balaban J connectivity index is 1.81. The number of aromatic carboxylic acids is 2. The first-order chi connectivity index (χ1) is 17.0. The Morgan fingerprint density at radius 3 is 2.14 bits per heavy atom. The van der Waals surface area contributed by atoms with E-state index in [-0.39, 0.29) is 22.5 Å². The van der Waals surface area contributed by atoms with Crippen molar-refractivity contribution in [2.24, 2.45) is 0 Å². The molecule has 2 heterocycles. The van der Waals surface area contributed by atoms with E-state index in [1.807, 2.05) is 5.32 Å². The number of carboxylic acid groups (broad SMARTS) is 2. The number of carbonyl (C=O) groups is 5. The van der Waals surface area contributed by atoms with Crippen LogP contribution in [-0.4, -0.2) is 34.4 Å². The zero-order valence-corrected chi connectivity index (χ0v) is 18.8. The summed E-state index contributed by atoms with van der Waals surface area (Å²) in [6.45, 7) is 3.25. The Bertz CT molecular complexity index is 1490. The standard InChI is InChI=1S/C25H18FN3O7/c1-12-6-14(13(2)28(12)19-8-15(23(32)33)7-16(9-19)24(34)35)10-20-21(30)27-25(36)29(22(20)31)18-5-3-4-17(26)11-18/h3-11H,1-2H3,(H,32,33)(H,34,35)(H,27,30,36)/p-2/b20-10-. The van der Waals surface area contributed by atoms with Crippen molar-refractivity contribution in [1.82, 2.24) is 9.88 Å². The second-order valence-corrected chi connectivity index (χ2v) is 7.94. The van der Waals surface area contributed by atoms with E-state index < -0.39 is 41.2 Å². The zero-order valence-electron chi connectivity index (χ0n) is 18.8. The maximum Gasteiger partial charge on any atom is 0.335 e. The van der Waals surface area contributed by atoms with Gasteiger partial charge in [0, 0.05) is 17.1 Å². The Hall–Kier alpha value is -5.06. The fourth-order valence-corrected chi connectivity index (χ4v) is 3.97. The van der Waals surface area contributed by atoms with Crippen LogP contribution in [0.3, 0.4) is 0 Å². The lowest BCUT2D eigenvalue weighted by molar-refractivity contribution is -0.255. The van der Waals surface area contributed by atoms with E-state index in [2.05, 4.69) is 0 Å². The van der Waals surface area contributed by atoms with Crippen molar-refractivity contribution in [1.29, 1.82) is 0 Å². The molecule has 0 radical (unpaired) electrons. The van der Waals surface area contributed by atoms with Gasteiger partial charge in [-0.25, -0.2) is 14.1 Å². The third kappa shape index (κ3) is 4.25. The van der Waals surface area contributed by atoms with Crippen LogP contribution < -0.4 is 20.4 Å². The van der Waals surface area contributed by atoms with Crippen LogP contribution in [0.15, 0.2) is 54.1 Å². The summed E-state index contributed by atoms with van der Waals surface area (Å²) in [4.78, 5) is 61.3. The van der Waals surface area contributed by atoms with Crippen molar-refractivity contribution in [3.8, 4) is 5.69 Å². The van der Waals surface area contributed by atoms with Crippen LogP contribution in [0.1, 0.15) is 37.7 Å². The minimum absolute atomic E-state index is 0.0738. The lowest BCUT2D eigenvalue weighted by Gasteiger charge is -2.26. The lowest BCUT2D eigenvalue weighted by Crippen LogP contribution is -2.54. The van der Waals surface area contributed by atoms with E-state index in [0.29, 0.717) is 21.9 Å². The molecule has 1 aromatic heterocycles. The lowest BCUT2D eigenvalue weighted by atomic mass is 10.1. The Kier molecular flexibility index (Phi) is 5.98. The van der Waals surface area contributed by atoms with Crippen LogP contribution in [-0.2, 0) is 9.59 Å². The molecule has 36 heavy (non-hydrogen) atoms. The summed E-state index contributed by atoms with van der Waals surface area (Å²) in [6, 6.07) is 8.61. The van der Waals surface area contributed by atoms with Crippen molar-refractivity contribution >= 4 is 41.5 Å². The third-order valence-corrected chi connectivity index (χ3v) is 5.59. The van der Waals surface area contributed by atoms with Crippen molar-refractivity contribution in [2.45, 2.75) is 13.8 Å². The molecule has 1 N–H and O–H groups in total. The molecule has 0 aliphatic carbocycles. The van der Waals surface area contributed by atoms with Crippen molar-refractivity contribution in [3.63, 3.8) is 0 Å². The largest absolute Gasteiger partial charge is 0.545 e. The van der Waals surface area contributed by atoms with Gasteiger partial charge in [0.1, 0.15) is 11.4 Å². The predicted octanol–water partition coefficient (Wildman–Crippen LogP) is 0.627. The Labute approximate surface area is 202 Å². The number of aromatic nitrogens is 1. The number of amides is 4. The Morgan fingerprint density at radius 2 is 1.56 bits per heavy atom. The molecule has 4 amide bonds. The zero-order chi connectivity index (χ0) is 26.3. The van der Waals surface area contributed by atoms with Gasteiger partial charge in [-0.3, -0.25) is 14.9 Å². The summed E-state index contributed by atoms with van der Waals surface area (Å²) in [5, 5.41) is 24.8. The average molecular weight is 489 g/mol. The first-order valence-corrected chi connectivity index (χ1v) is 10.4. The summed E-state index contributed by atoms with van der Waals surface area (Å²) < 4.78 is 15.2. The predicted molar refractivity (Wildman–Crippen MR) is 119 cm³/mol. The molecule has 1 fully saturated rings. The van der Waals surface area contributed by atoms with Crippen LogP contribution in [0.5, 0.6) is 0 Å². The van der Waals surface area contributed by atoms with Crippen LogP contribution in [0.4, 0.5) is 14.9 Å². The van der Waals surface area contributed by atoms with Gasteiger partial charge in [-0.15, -0.1) is 0 Å². The van der Waals surface area contributed by atoms with E-state index in [1.54, 1.807) is 19.9 Å². The van der Waals surface area contributed by atoms with Crippen molar-refractivity contribution < 1.29 is 38.6 Å². The van der Waals surface area contributed by atoms with Gasteiger partial charge in [-0.05, 0) is 79.1 Å². The summed E-state index contributed by atoms with van der Waals surface area (Å²) in [5.41, 5.74) is 0.221.